The Morgan fingerprint density at radius 1 is 1.35 bits per heavy atom. The van der Waals surface area contributed by atoms with Gasteiger partial charge in [0.05, 0.1) is 6.04 Å². The number of amides is 1. The molecule has 1 amide bonds. The van der Waals surface area contributed by atoms with Crippen LogP contribution in [0.1, 0.15) is 40.5 Å². The number of nitrogens with zero attached hydrogens (tertiary/aromatic N) is 1. The SMILES string of the molecule is CCC(C)C(N)C(=O)NCCCN(C)C(C)C. The summed E-state index contributed by atoms with van der Waals surface area (Å²) in [5.41, 5.74) is 5.84. The zero-order valence-corrected chi connectivity index (χ0v) is 12.0. The lowest BCUT2D eigenvalue weighted by atomic mass is 9.99. The number of hydrogen-bond acceptors (Lipinski definition) is 3. The van der Waals surface area contributed by atoms with E-state index in [-0.39, 0.29) is 17.9 Å². The van der Waals surface area contributed by atoms with Crippen molar-refractivity contribution in [1.29, 1.82) is 0 Å². The first-order chi connectivity index (χ1) is 7.90. The molecular formula is C13H29N3O. The van der Waals surface area contributed by atoms with Gasteiger partial charge in [-0.2, -0.15) is 0 Å². The van der Waals surface area contributed by atoms with Crippen LogP contribution in [0.2, 0.25) is 0 Å². The molecule has 0 radical (unpaired) electrons. The molecule has 0 fully saturated rings. The summed E-state index contributed by atoms with van der Waals surface area (Å²) in [5, 5.41) is 2.90. The van der Waals surface area contributed by atoms with Gasteiger partial charge in [-0.1, -0.05) is 20.3 Å². The number of hydrogen-bond donors (Lipinski definition) is 2. The summed E-state index contributed by atoms with van der Waals surface area (Å²) in [6, 6.07) is 0.177. The average Bonchev–Trinajstić information content (AvgIpc) is 2.31. The first kappa shape index (κ1) is 16.4. The Labute approximate surface area is 106 Å². The highest BCUT2D eigenvalue weighted by Crippen LogP contribution is 2.04. The summed E-state index contributed by atoms with van der Waals surface area (Å²) in [5.74, 6) is 0.222. The largest absolute Gasteiger partial charge is 0.355 e. The molecule has 0 aromatic carbocycles. The van der Waals surface area contributed by atoms with Crippen molar-refractivity contribution in [2.75, 3.05) is 20.1 Å². The Hall–Kier alpha value is -0.610. The van der Waals surface area contributed by atoms with E-state index in [0.29, 0.717) is 12.6 Å². The van der Waals surface area contributed by atoms with Gasteiger partial charge < -0.3 is 16.0 Å². The van der Waals surface area contributed by atoms with Gasteiger partial charge in [0.1, 0.15) is 0 Å². The van der Waals surface area contributed by atoms with Crippen molar-refractivity contribution in [3.63, 3.8) is 0 Å². The number of nitrogens with two attached hydrogens (primary N) is 1. The lowest BCUT2D eigenvalue weighted by Crippen LogP contribution is -2.45. The van der Waals surface area contributed by atoms with E-state index in [4.69, 9.17) is 5.73 Å². The number of nitrogens with one attached hydrogen (secondary N) is 1. The number of carbonyl (C=O) groups is 1. The van der Waals surface area contributed by atoms with Crippen LogP contribution in [0, 0.1) is 5.92 Å². The van der Waals surface area contributed by atoms with E-state index < -0.39 is 0 Å². The van der Waals surface area contributed by atoms with Gasteiger partial charge in [-0.05, 0) is 39.8 Å². The molecule has 0 heterocycles. The number of rotatable bonds is 8. The highest BCUT2D eigenvalue weighted by molar-refractivity contribution is 5.81. The summed E-state index contributed by atoms with van der Waals surface area (Å²) in [7, 11) is 2.09. The summed E-state index contributed by atoms with van der Waals surface area (Å²) in [4.78, 5) is 13.9. The van der Waals surface area contributed by atoms with Crippen molar-refractivity contribution in [2.24, 2.45) is 11.7 Å². The van der Waals surface area contributed by atoms with Gasteiger partial charge in [-0.25, -0.2) is 0 Å². The quantitative estimate of drug-likeness (QED) is 0.630. The van der Waals surface area contributed by atoms with E-state index in [1.54, 1.807) is 0 Å². The van der Waals surface area contributed by atoms with Crippen molar-refractivity contribution in [2.45, 2.75) is 52.6 Å². The fraction of sp³-hybridized carbons (Fsp3) is 0.923. The van der Waals surface area contributed by atoms with E-state index in [2.05, 4.69) is 38.0 Å². The predicted molar refractivity (Wildman–Crippen MR) is 72.8 cm³/mol. The molecule has 0 spiro atoms. The fourth-order valence-electron chi connectivity index (χ4n) is 1.43. The van der Waals surface area contributed by atoms with E-state index in [1.807, 2.05) is 6.92 Å². The molecule has 0 saturated heterocycles. The first-order valence-electron chi connectivity index (χ1n) is 6.63. The summed E-state index contributed by atoms with van der Waals surface area (Å²) < 4.78 is 0. The smallest absolute Gasteiger partial charge is 0.237 e. The third-order valence-electron chi connectivity index (χ3n) is 3.43. The van der Waals surface area contributed by atoms with Crippen LogP contribution in [0.4, 0.5) is 0 Å². The fourth-order valence-corrected chi connectivity index (χ4v) is 1.43. The first-order valence-corrected chi connectivity index (χ1v) is 6.63. The van der Waals surface area contributed by atoms with Gasteiger partial charge in [-0.3, -0.25) is 4.79 Å². The Morgan fingerprint density at radius 3 is 2.41 bits per heavy atom. The summed E-state index contributed by atoms with van der Waals surface area (Å²) in [6.07, 6.45) is 1.90. The topological polar surface area (TPSA) is 58.4 Å². The van der Waals surface area contributed by atoms with Crippen molar-refractivity contribution in [3.8, 4) is 0 Å². The maximum absolute atomic E-state index is 11.7. The second-order valence-corrected chi connectivity index (χ2v) is 5.13. The molecule has 0 aromatic rings. The molecule has 0 aromatic heterocycles. The Morgan fingerprint density at radius 2 is 1.94 bits per heavy atom. The number of carbonyl (C=O) groups excluding carboxylic acids is 1. The molecule has 3 N–H and O–H groups in total. The highest BCUT2D eigenvalue weighted by atomic mass is 16.2. The van der Waals surface area contributed by atoms with Crippen LogP contribution in [0.15, 0.2) is 0 Å². The normalized spacial score (nSPS) is 15.1. The van der Waals surface area contributed by atoms with Gasteiger partial charge in [0.25, 0.3) is 0 Å². The lowest BCUT2D eigenvalue weighted by molar-refractivity contribution is -0.123. The Bertz CT molecular complexity index is 219. The highest BCUT2D eigenvalue weighted by Gasteiger charge is 2.18. The average molecular weight is 243 g/mol. The third-order valence-corrected chi connectivity index (χ3v) is 3.43. The Kier molecular flexibility index (Phi) is 8.17. The molecule has 0 bridgehead atoms. The molecular weight excluding hydrogens is 214 g/mol. The van der Waals surface area contributed by atoms with Crippen LogP contribution in [0.3, 0.4) is 0 Å². The zero-order valence-electron chi connectivity index (χ0n) is 12.0. The molecule has 102 valence electrons. The van der Waals surface area contributed by atoms with Crippen LogP contribution in [0.5, 0.6) is 0 Å². The molecule has 17 heavy (non-hydrogen) atoms. The third kappa shape index (κ3) is 6.64. The molecule has 0 aliphatic rings. The van der Waals surface area contributed by atoms with Crippen LogP contribution >= 0.6 is 0 Å². The Balaban J connectivity index is 3.71. The van der Waals surface area contributed by atoms with E-state index in [0.717, 1.165) is 19.4 Å². The second-order valence-electron chi connectivity index (χ2n) is 5.13. The molecule has 2 unspecified atom stereocenters. The summed E-state index contributed by atoms with van der Waals surface area (Å²) >= 11 is 0. The van der Waals surface area contributed by atoms with E-state index in [1.165, 1.54) is 0 Å². The van der Waals surface area contributed by atoms with Crippen molar-refractivity contribution in [1.82, 2.24) is 10.2 Å². The van der Waals surface area contributed by atoms with Crippen molar-refractivity contribution >= 4 is 5.91 Å². The van der Waals surface area contributed by atoms with Crippen LogP contribution in [-0.4, -0.2) is 43.0 Å². The van der Waals surface area contributed by atoms with Gasteiger partial charge in [-0.15, -0.1) is 0 Å². The maximum Gasteiger partial charge on any atom is 0.237 e. The van der Waals surface area contributed by atoms with Gasteiger partial charge in [0, 0.05) is 12.6 Å². The lowest BCUT2D eigenvalue weighted by Gasteiger charge is -2.21. The molecule has 4 nitrogen and oxygen atoms in total. The molecule has 0 saturated carbocycles. The van der Waals surface area contributed by atoms with Gasteiger partial charge in [0.15, 0.2) is 0 Å². The monoisotopic (exact) mass is 243 g/mol. The van der Waals surface area contributed by atoms with Crippen molar-refractivity contribution < 1.29 is 4.79 Å². The van der Waals surface area contributed by atoms with Crippen molar-refractivity contribution in [3.05, 3.63) is 0 Å². The molecule has 4 heteroatoms. The maximum atomic E-state index is 11.7. The van der Waals surface area contributed by atoms with Gasteiger partial charge in [0.2, 0.25) is 5.91 Å². The second kappa shape index (κ2) is 8.48. The van der Waals surface area contributed by atoms with Gasteiger partial charge >= 0.3 is 0 Å². The predicted octanol–water partition coefficient (Wildman–Crippen LogP) is 1.21. The minimum atomic E-state index is -0.372. The molecule has 0 aliphatic carbocycles. The summed E-state index contributed by atoms with van der Waals surface area (Å²) in [6.45, 7) is 10.1. The van der Waals surface area contributed by atoms with Crippen LogP contribution in [-0.2, 0) is 4.79 Å². The molecule has 2 atom stereocenters. The zero-order chi connectivity index (χ0) is 13.4. The minimum absolute atomic E-state index is 0.0217. The molecule has 0 rings (SSSR count). The van der Waals surface area contributed by atoms with Crippen LogP contribution in [0.25, 0.3) is 0 Å². The standard InChI is InChI=1S/C13H29N3O/c1-6-11(4)12(14)13(17)15-8-7-9-16(5)10(2)3/h10-12H,6-9,14H2,1-5H3,(H,15,17). The molecule has 0 aliphatic heterocycles. The minimum Gasteiger partial charge on any atom is -0.355 e. The van der Waals surface area contributed by atoms with Crippen LogP contribution < -0.4 is 11.1 Å². The van der Waals surface area contributed by atoms with E-state index in [9.17, 15) is 4.79 Å². The van der Waals surface area contributed by atoms with E-state index >= 15 is 0 Å².